The van der Waals surface area contributed by atoms with Crippen LogP contribution in [0.25, 0.3) is 11.3 Å². The number of anilines is 2. The molecule has 0 saturated carbocycles. The fourth-order valence-electron chi connectivity index (χ4n) is 4.63. The molecule has 1 unspecified atom stereocenters. The molecule has 2 aliphatic heterocycles. The van der Waals surface area contributed by atoms with E-state index >= 15 is 0 Å². The molecule has 1 aromatic heterocycles. The second-order valence-corrected chi connectivity index (χ2v) is 10.6. The fraction of sp³-hybridized carbons (Fsp3) is 0.448. The summed E-state index contributed by atoms with van der Waals surface area (Å²) in [4.78, 5) is 9.79. The zero-order valence-corrected chi connectivity index (χ0v) is 23.6. The van der Waals surface area contributed by atoms with E-state index < -0.39 is 6.29 Å². The van der Waals surface area contributed by atoms with Crippen molar-refractivity contribution in [3.05, 3.63) is 54.1 Å². The lowest BCUT2D eigenvalue weighted by atomic mass is 10.1. The predicted octanol–water partition coefficient (Wildman–Crippen LogP) is 4.55. The van der Waals surface area contributed by atoms with Crippen LogP contribution >= 0.6 is 11.3 Å². The second kappa shape index (κ2) is 13.7. The van der Waals surface area contributed by atoms with Crippen molar-refractivity contribution in [2.24, 2.45) is 10.9 Å². The Balaban J connectivity index is 1.32. The van der Waals surface area contributed by atoms with Crippen molar-refractivity contribution >= 4 is 27.3 Å². The lowest BCUT2D eigenvalue weighted by Crippen LogP contribution is -2.36. The van der Waals surface area contributed by atoms with Crippen LogP contribution in [-0.4, -0.2) is 74.9 Å². The highest BCUT2D eigenvalue weighted by Crippen LogP contribution is 2.41. The van der Waals surface area contributed by atoms with Gasteiger partial charge in [0.1, 0.15) is 22.2 Å². The molecule has 0 spiro atoms. The molecule has 2 aliphatic rings. The first-order valence-electron chi connectivity index (χ1n) is 13.8. The summed E-state index contributed by atoms with van der Waals surface area (Å²) < 4.78 is 23.6. The standard InChI is InChI=1S/C29H37N5O5S/c1-2-3-4-25(39-24-11-7-22(8-12-24)27(30)32-35)38-23-9-5-21(6-10-23)26-28(33-13-17-36-18-14-33)40-29(31-26)34-15-19-37-20-16-34/h5-12,25,35H,2-4,13-20H2,1H3,(H2,30,32). The molecule has 0 bridgehead atoms. The van der Waals surface area contributed by atoms with E-state index in [2.05, 4.69) is 34.0 Å². The van der Waals surface area contributed by atoms with Gasteiger partial charge in [-0.15, -0.1) is 0 Å². The highest BCUT2D eigenvalue weighted by atomic mass is 32.1. The number of hydrogen-bond donors (Lipinski definition) is 2. The minimum absolute atomic E-state index is 0.0550. The van der Waals surface area contributed by atoms with Gasteiger partial charge in [-0.25, -0.2) is 4.98 Å². The number of thiazole rings is 1. The zero-order chi connectivity index (χ0) is 27.7. The molecule has 2 fully saturated rings. The van der Waals surface area contributed by atoms with Crippen LogP contribution in [0.2, 0.25) is 0 Å². The number of morpholine rings is 2. The van der Waals surface area contributed by atoms with Crippen LogP contribution in [0.5, 0.6) is 11.5 Å². The maximum Gasteiger partial charge on any atom is 0.241 e. The van der Waals surface area contributed by atoms with Gasteiger partial charge in [0.05, 0.1) is 26.4 Å². The van der Waals surface area contributed by atoms with Crippen molar-refractivity contribution < 1.29 is 24.2 Å². The first kappa shape index (κ1) is 28.0. The monoisotopic (exact) mass is 567 g/mol. The highest BCUT2D eigenvalue weighted by Gasteiger charge is 2.24. The Morgan fingerprint density at radius 3 is 2.10 bits per heavy atom. The third kappa shape index (κ3) is 6.96. The van der Waals surface area contributed by atoms with Gasteiger partial charge in [0.15, 0.2) is 11.0 Å². The molecule has 10 nitrogen and oxygen atoms in total. The number of unbranched alkanes of at least 4 members (excludes halogenated alkanes) is 1. The minimum atomic E-state index is -0.448. The molecular weight excluding hydrogens is 530 g/mol. The van der Waals surface area contributed by atoms with Gasteiger partial charge in [0.2, 0.25) is 6.29 Å². The maximum absolute atomic E-state index is 8.89. The lowest BCUT2D eigenvalue weighted by Gasteiger charge is -2.28. The molecule has 0 amide bonds. The van der Waals surface area contributed by atoms with Crippen LogP contribution in [0, 0.1) is 0 Å². The third-order valence-corrected chi connectivity index (χ3v) is 8.07. The van der Waals surface area contributed by atoms with E-state index in [1.807, 2.05) is 12.1 Å². The molecule has 0 aliphatic carbocycles. The topological polar surface area (TPSA) is 115 Å². The summed E-state index contributed by atoms with van der Waals surface area (Å²) in [5.74, 6) is 1.44. The Bertz CT molecular complexity index is 1240. The van der Waals surface area contributed by atoms with Crippen molar-refractivity contribution in [3.63, 3.8) is 0 Å². The summed E-state index contributed by atoms with van der Waals surface area (Å²) in [5, 5.41) is 14.1. The van der Waals surface area contributed by atoms with E-state index in [9.17, 15) is 0 Å². The molecule has 5 rings (SSSR count). The molecule has 11 heteroatoms. The normalized spacial score (nSPS) is 17.1. The minimum Gasteiger partial charge on any atom is -0.455 e. The van der Waals surface area contributed by atoms with Crippen LogP contribution in [0.3, 0.4) is 0 Å². The van der Waals surface area contributed by atoms with Crippen molar-refractivity contribution in [3.8, 4) is 22.8 Å². The zero-order valence-electron chi connectivity index (χ0n) is 22.8. The number of nitrogens with two attached hydrogens (primary N) is 1. The summed E-state index contributed by atoms with van der Waals surface area (Å²) >= 11 is 1.75. The molecule has 2 aromatic carbocycles. The number of ether oxygens (including phenoxy) is 4. The number of nitrogens with zero attached hydrogens (tertiary/aromatic N) is 4. The molecule has 40 heavy (non-hydrogen) atoms. The molecule has 214 valence electrons. The van der Waals surface area contributed by atoms with Crippen molar-refractivity contribution in [2.45, 2.75) is 32.5 Å². The van der Waals surface area contributed by atoms with Gasteiger partial charge in [-0.1, -0.05) is 29.8 Å². The van der Waals surface area contributed by atoms with Gasteiger partial charge < -0.3 is 39.7 Å². The Morgan fingerprint density at radius 2 is 1.52 bits per heavy atom. The molecule has 2 saturated heterocycles. The summed E-state index contributed by atoms with van der Waals surface area (Å²) in [6, 6.07) is 15.2. The molecule has 0 radical (unpaired) electrons. The van der Waals surface area contributed by atoms with E-state index in [1.165, 1.54) is 5.00 Å². The fourth-order valence-corrected chi connectivity index (χ4v) is 5.82. The van der Waals surface area contributed by atoms with Gasteiger partial charge in [0.25, 0.3) is 0 Å². The van der Waals surface area contributed by atoms with E-state index in [4.69, 9.17) is 34.9 Å². The number of oxime groups is 1. The third-order valence-electron chi connectivity index (χ3n) is 6.89. The maximum atomic E-state index is 8.89. The van der Waals surface area contributed by atoms with Crippen molar-refractivity contribution in [1.29, 1.82) is 0 Å². The van der Waals surface area contributed by atoms with Crippen LogP contribution in [0.15, 0.2) is 53.7 Å². The average Bonchev–Trinajstić information content (AvgIpc) is 3.47. The summed E-state index contributed by atoms with van der Waals surface area (Å²) in [6.45, 7) is 8.46. The van der Waals surface area contributed by atoms with Crippen LogP contribution < -0.4 is 25.0 Å². The summed E-state index contributed by atoms with van der Waals surface area (Å²) in [7, 11) is 0. The molecule has 1 atom stereocenters. The van der Waals surface area contributed by atoms with Gasteiger partial charge >= 0.3 is 0 Å². The summed E-state index contributed by atoms with van der Waals surface area (Å²) in [6.07, 6.45) is 2.30. The Kier molecular flexibility index (Phi) is 9.58. The summed E-state index contributed by atoms with van der Waals surface area (Å²) in [5.41, 5.74) is 8.33. The number of benzene rings is 2. The second-order valence-electron chi connectivity index (χ2n) is 9.69. The SMILES string of the molecule is CCCCC(Oc1ccc(C(N)=NO)cc1)Oc1ccc(-c2nc(N3CCOCC3)sc2N2CCOCC2)cc1. The quantitative estimate of drug-likeness (QED) is 0.113. The van der Waals surface area contributed by atoms with E-state index in [-0.39, 0.29) is 5.84 Å². The molecular formula is C29H37N5O5S. The van der Waals surface area contributed by atoms with E-state index in [0.29, 0.717) is 11.3 Å². The van der Waals surface area contributed by atoms with E-state index in [0.717, 1.165) is 94.0 Å². The van der Waals surface area contributed by atoms with Crippen LogP contribution in [0.1, 0.15) is 31.7 Å². The first-order valence-corrected chi connectivity index (χ1v) is 14.6. The van der Waals surface area contributed by atoms with Crippen LogP contribution in [0.4, 0.5) is 10.1 Å². The van der Waals surface area contributed by atoms with Crippen molar-refractivity contribution in [1.82, 2.24) is 4.98 Å². The number of rotatable bonds is 11. The number of aromatic nitrogens is 1. The Hall–Kier alpha value is -3.54. The Morgan fingerprint density at radius 1 is 0.950 bits per heavy atom. The van der Waals surface area contributed by atoms with Gasteiger partial charge in [-0.3, -0.25) is 0 Å². The number of amidine groups is 1. The first-order chi connectivity index (χ1) is 19.6. The molecule has 3 aromatic rings. The van der Waals surface area contributed by atoms with Crippen LogP contribution in [-0.2, 0) is 9.47 Å². The largest absolute Gasteiger partial charge is 0.455 e. The van der Waals surface area contributed by atoms with Crippen molar-refractivity contribution in [2.75, 3.05) is 62.4 Å². The van der Waals surface area contributed by atoms with Gasteiger partial charge in [-0.05, 0) is 55.0 Å². The smallest absolute Gasteiger partial charge is 0.241 e. The lowest BCUT2D eigenvalue weighted by molar-refractivity contribution is -0.00211. The average molecular weight is 568 g/mol. The number of hydrogen-bond acceptors (Lipinski definition) is 10. The molecule has 3 N–H and O–H groups in total. The predicted molar refractivity (Wildman–Crippen MR) is 157 cm³/mol. The van der Waals surface area contributed by atoms with E-state index in [1.54, 1.807) is 35.6 Å². The Labute approximate surface area is 238 Å². The van der Waals surface area contributed by atoms with Gasteiger partial charge in [-0.2, -0.15) is 0 Å². The highest BCUT2D eigenvalue weighted by molar-refractivity contribution is 7.20. The van der Waals surface area contributed by atoms with Gasteiger partial charge in [0, 0.05) is 43.7 Å². The molecule has 3 heterocycles.